The minimum absolute atomic E-state index is 0.0364. The number of benzene rings is 3. The number of nitrogens with zero attached hydrogens (tertiary/aromatic N) is 2. The van der Waals surface area contributed by atoms with Gasteiger partial charge in [0, 0.05) is 18.1 Å². The van der Waals surface area contributed by atoms with Crippen LogP contribution in [0.15, 0.2) is 88.8 Å². The van der Waals surface area contributed by atoms with Crippen molar-refractivity contribution >= 4 is 71.8 Å². The Labute approximate surface area is 260 Å². The lowest BCUT2D eigenvalue weighted by atomic mass is 10.1. The second-order valence-corrected chi connectivity index (χ2v) is 16.3. The van der Waals surface area contributed by atoms with Crippen LogP contribution in [0.1, 0.15) is 30.5 Å². The number of aryl methyl sites for hydroxylation is 2. The Balaban J connectivity index is 1.75. The third kappa shape index (κ3) is 6.43. The van der Waals surface area contributed by atoms with Gasteiger partial charge in [0.2, 0.25) is 3.79 Å². The Morgan fingerprint density at radius 1 is 0.833 bits per heavy atom. The molecule has 4 aromatic rings. The third-order valence-electron chi connectivity index (χ3n) is 6.76. The topological polar surface area (TPSA) is 103 Å². The van der Waals surface area contributed by atoms with E-state index >= 15 is 0 Å². The lowest BCUT2D eigenvalue weighted by Gasteiger charge is -2.34. The molecular weight excluding hydrogens is 643 g/mol. The number of ether oxygens (including phenoxy) is 1. The van der Waals surface area contributed by atoms with Gasteiger partial charge in [-0.1, -0.05) is 88.4 Å². The number of fused-ring (bicyclic) bond motifs is 1. The van der Waals surface area contributed by atoms with Gasteiger partial charge >= 0.3 is 6.09 Å². The fraction of sp³-hybridized carbons (Fsp3) is 0.276. The van der Waals surface area contributed by atoms with Gasteiger partial charge < -0.3 is 4.74 Å². The largest absolute Gasteiger partial charge is 0.438 e. The Kier molecular flexibility index (Phi) is 8.98. The molecule has 0 radical (unpaired) electrons. The zero-order valence-electron chi connectivity index (χ0n) is 23.2. The minimum Gasteiger partial charge on any atom is -0.438 e. The fourth-order valence-corrected chi connectivity index (χ4v) is 6.94. The highest BCUT2D eigenvalue weighted by Crippen LogP contribution is 2.41. The highest BCUT2D eigenvalue weighted by atomic mass is 35.6. The van der Waals surface area contributed by atoms with Crippen molar-refractivity contribution in [1.29, 1.82) is 0 Å². The molecule has 0 saturated carbocycles. The second kappa shape index (κ2) is 11.7. The molecule has 0 aliphatic heterocycles. The molecule has 0 aliphatic rings. The zero-order valence-corrected chi connectivity index (χ0v) is 27.1. The molecule has 1 aromatic heterocycles. The number of amides is 1. The van der Waals surface area contributed by atoms with Gasteiger partial charge in [-0.3, -0.25) is 0 Å². The standard InChI is InChI=1S/C29H29Cl3N2O6S2/c1-20-9-13-23(14-10-20)41(36,37)33(27(35)40-28(3,4)29(30,31)32)18-17-22-19-34(26-8-6-5-7-25(22)26)42(38,39)24-15-11-21(2)12-16-24/h5-16,19H,17-18H2,1-4H3. The van der Waals surface area contributed by atoms with Gasteiger partial charge in [0.1, 0.15) is 0 Å². The molecule has 1 heterocycles. The number of sulfonamides is 1. The summed E-state index contributed by atoms with van der Waals surface area (Å²) >= 11 is 18.0. The summed E-state index contributed by atoms with van der Waals surface area (Å²) in [5, 5.41) is 0.579. The van der Waals surface area contributed by atoms with Gasteiger partial charge in [-0.25, -0.2) is 29.9 Å². The summed E-state index contributed by atoms with van der Waals surface area (Å²) in [5.41, 5.74) is 0.947. The number of alkyl halides is 3. The van der Waals surface area contributed by atoms with E-state index in [2.05, 4.69) is 0 Å². The van der Waals surface area contributed by atoms with Crippen molar-refractivity contribution in [2.24, 2.45) is 0 Å². The molecule has 0 aliphatic carbocycles. The number of aromatic nitrogens is 1. The Morgan fingerprint density at radius 3 is 1.90 bits per heavy atom. The average Bonchev–Trinajstić information content (AvgIpc) is 3.28. The predicted octanol–water partition coefficient (Wildman–Crippen LogP) is 7.01. The number of hydrogen-bond donors (Lipinski definition) is 0. The van der Waals surface area contributed by atoms with E-state index in [0.717, 1.165) is 15.1 Å². The smallest absolute Gasteiger partial charge is 0.424 e. The van der Waals surface area contributed by atoms with E-state index in [1.54, 1.807) is 55.5 Å². The molecule has 0 N–H and O–H groups in total. The van der Waals surface area contributed by atoms with Crippen LogP contribution in [0.2, 0.25) is 0 Å². The molecule has 4 rings (SSSR count). The van der Waals surface area contributed by atoms with E-state index in [-0.39, 0.29) is 22.8 Å². The summed E-state index contributed by atoms with van der Waals surface area (Å²) in [5.74, 6) is 0. The van der Waals surface area contributed by atoms with Crippen molar-refractivity contribution in [3.05, 3.63) is 95.7 Å². The Morgan fingerprint density at radius 2 is 1.36 bits per heavy atom. The molecule has 8 nitrogen and oxygen atoms in total. The molecule has 0 atom stereocenters. The minimum atomic E-state index is -4.42. The first kappa shape index (κ1) is 32.2. The second-order valence-electron chi connectivity index (χ2n) is 10.3. The van der Waals surface area contributed by atoms with Crippen LogP contribution in [-0.2, 0) is 31.2 Å². The monoisotopic (exact) mass is 670 g/mol. The van der Waals surface area contributed by atoms with Gasteiger partial charge in [-0.05, 0) is 70.0 Å². The third-order valence-corrected chi connectivity index (χ3v) is 11.6. The number of hydrogen-bond acceptors (Lipinski definition) is 6. The first-order valence-corrected chi connectivity index (χ1v) is 16.8. The number of para-hydroxylation sites is 1. The summed E-state index contributed by atoms with van der Waals surface area (Å²) in [4.78, 5) is 13.4. The van der Waals surface area contributed by atoms with E-state index < -0.39 is 35.5 Å². The fourth-order valence-electron chi connectivity index (χ4n) is 4.14. The summed E-state index contributed by atoms with van der Waals surface area (Å²) in [6.07, 6.45) is 0.154. The summed E-state index contributed by atoms with van der Waals surface area (Å²) < 4.78 is 59.7. The van der Waals surface area contributed by atoms with Crippen LogP contribution in [-0.4, -0.2) is 47.1 Å². The molecule has 0 fully saturated rings. The van der Waals surface area contributed by atoms with Crippen LogP contribution in [0.25, 0.3) is 10.9 Å². The maximum atomic E-state index is 13.7. The maximum Gasteiger partial charge on any atom is 0.424 e. The molecule has 3 aromatic carbocycles. The molecule has 1 amide bonds. The normalized spacial score (nSPS) is 12.8. The van der Waals surface area contributed by atoms with Crippen molar-refractivity contribution in [3.8, 4) is 0 Å². The van der Waals surface area contributed by atoms with Gasteiger partial charge in [-0.2, -0.15) is 0 Å². The molecule has 42 heavy (non-hydrogen) atoms. The highest BCUT2D eigenvalue weighted by Gasteiger charge is 2.46. The van der Waals surface area contributed by atoms with Crippen LogP contribution in [0.5, 0.6) is 0 Å². The van der Waals surface area contributed by atoms with Crippen LogP contribution in [0.3, 0.4) is 0 Å². The number of rotatable bonds is 8. The van der Waals surface area contributed by atoms with E-state index in [9.17, 15) is 21.6 Å². The van der Waals surface area contributed by atoms with E-state index in [0.29, 0.717) is 20.8 Å². The van der Waals surface area contributed by atoms with E-state index in [4.69, 9.17) is 39.5 Å². The van der Waals surface area contributed by atoms with Gasteiger partial charge in [0.05, 0.1) is 15.3 Å². The van der Waals surface area contributed by atoms with Crippen molar-refractivity contribution in [1.82, 2.24) is 8.28 Å². The van der Waals surface area contributed by atoms with Gasteiger partial charge in [0.15, 0.2) is 5.60 Å². The highest BCUT2D eigenvalue weighted by molar-refractivity contribution is 7.90. The molecule has 0 bridgehead atoms. The lowest BCUT2D eigenvalue weighted by Crippen LogP contribution is -2.47. The first-order chi connectivity index (χ1) is 19.4. The summed E-state index contributed by atoms with van der Waals surface area (Å²) in [6.45, 7) is 5.96. The summed E-state index contributed by atoms with van der Waals surface area (Å²) in [6, 6.07) is 19.3. The van der Waals surface area contributed by atoms with E-state index in [1.807, 2.05) is 6.92 Å². The molecule has 0 saturated heterocycles. The molecule has 0 spiro atoms. The molecule has 224 valence electrons. The average molecular weight is 672 g/mol. The zero-order chi connectivity index (χ0) is 31.1. The molecular formula is C29H29Cl3N2O6S2. The number of carbonyl (C=O) groups is 1. The molecule has 13 heteroatoms. The van der Waals surface area contributed by atoms with Crippen molar-refractivity contribution in [2.45, 2.75) is 53.3 Å². The van der Waals surface area contributed by atoms with Gasteiger partial charge in [-0.15, -0.1) is 0 Å². The Bertz CT molecular complexity index is 1830. The first-order valence-electron chi connectivity index (χ1n) is 12.8. The van der Waals surface area contributed by atoms with Crippen molar-refractivity contribution in [3.63, 3.8) is 0 Å². The van der Waals surface area contributed by atoms with Crippen LogP contribution < -0.4 is 0 Å². The lowest BCUT2D eigenvalue weighted by molar-refractivity contribution is 0.0291. The van der Waals surface area contributed by atoms with Crippen LogP contribution in [0.4, 0.5) is 4.79 Å². The maximum absolute atomic E-state index is 13.7. The van der Waals surface area contributed by atoms with Crippen LogP contribution in [0, 0.1) is 13.8 Å². The molecule has 0 unspecified atom stereocenters. The van der Waals surface area contributed by atoms with Crippen molar-refractivity contribution in [2.75, 3.05) is 6.54 Å². The van der Waals surface area contributed by atoms with Crippen LogP contribution >= 0.6 is 34.8 Å². The van der Waals surface area contributed by atoms with E-state index in [1.165, 1.54) is 44.3 Å². The van der Waals surface area contributed by atoms with Crippen molar-refractivity contribution < 1.29 is 26.4 Å². The SMILES string of the molecule is Cc1ccc(S(=O)(=O)N(CCc2cn(S(=O)(=O)c3ccc(C)cc3)c3ccccc23)C(=O)OC(C)(C)C(Cl)(Cl)Cl)cc1. The van der Waals surface area contributed by atoms with Gasteiger partial charge in [0.25, 0.3) is 20.0 Å². The Hall–Kier alpha value is -2.76. The predicted molar refractivity (Wildman–Crippen MR) is 165 cm³/mol. The number of halogens is 3. The quantitative estimate of drug-likeness (QED) is 0.187. The number of carbonyl (C=O) groups excluding carboxylic acids is 1. The summed E-state index contributed by atoms with van der Waals surface area (Å²) in [7, 11) is -8.41.